The Balaban J connectivity index is 0.00000144. The first kappa shape index (κ1) is 22.0. The summed E-state index contributed by atoms with van der Waals surface area (Å²) in [7, 11) is 0. The quantitative estimate of drug-likeness (QED) is 0.721. The highest BCUT2D eigenvalue weighted by molar-refractivity contribution is 5.85. The Morgan fingerprint density at radius 2 is 1.88 bits per heavy atom. The van der Waals surface area contributed by atoms with Crippen molar-refractivity contribution in [2.24, 2.45) is 5.92 Å². The van der Waals surface area contributed by atoms with Crippen LogP contribution in [0.1, 0.15) is 64.7 Å². The minimum atomic E-state index is 0. The van der Waals surface area contributed by atoms with E-state index in [2.05, 4.69) is 22.5 Å². The summed E-state index contributed by atoms with van der Waals surface area (Å²) in [6.07, 6.45) is 11.4. The van der Waals surface area contributed by atoms with E-state index in [0.29, 0.717) is 6.04 Å². The Labute approximate surface area is 159 Å². The van der Waals surface area contributed by atoms with E-state index in [1.165, 1.54) is 51.5 Å². The van der Waals surface area contributed by atoms with Crippen LogP contribution >= 0.6 is 24.8 Å². The number of amides is 1. The maximum atomic E-state index is 12.3. The van der Waals surface area contributed by atoms with Crippen LogP contribution in [0, 0.1) is 5.92 Å². The largest absolute Gasteiger partial charge is 0.355 e. The van der Waals surface area contributed by atoms with Crippen LogP contribution in [0.15, 0.2) is 0 Å². The molecule has 3 rings (SSSR count). The number of piperidine rings is 1. The number of likely N-dealkylation sites (tertiary alicyclic amines) is 1. The van der Waals surface area contributed by atoms with Crippen LogP contribution in [0.3, 0.4) is 0 Å². The topological polar surface area (TPSA) is 44.4 Å². The molecule has 24 heavy (non-hydrogen) atoms. The zero-order valence-corrected chi connectivity index (χ0v) is 16.6. The molecule has 1 aliphatic carbocycles. The van der Waals surface area contributed by atoms with E-state index in [9.17, 15) is 4.79 Å². The highest BCUT2D eigenvalue weighted by Gasteiger charge is 2.37. The number of rotatable bonds is 5. The van der Waals surface area contributed by atoms with Crippen LogP contribution < -0.4 is 10.6 Å². The molecule has 0 bridgehead atoms. The minimum Gasteiger partial charge on any atom is -0.355 e. The number of nitrogens with one attached hydrogen (secondary N) is 2. The standard InChI is InChI=1S/C18H33N3O.2ClH/c1-14-7-4-5-11-21(14)12-6-10-19-18(22)17-13-15-8-2-3-9-16(15)20-17;;/h14-17,20H,2-13H2,1H3,(H,19,22);2*1H. The maximum absolute atomic E-state index is 12.3. The van der Waals surface area contributed by atoms with Crippen molar-refractivity contribution in [2.75, 3.05) is 19.6 Å². The lowest BCUT2D eigenvalue weighted by Gasteiger charge is -2.33. The first-order chi connectivity index (χ1) is 10.7. The van der Waals surface area contributed by atoms with Crippen molar-refractivity contribution in [3.8, 4) is 0 Å². The average Bonchev–Trinajstić information content (AvgIpc) is 2.97. The Bertz CT molecular complexity index is 369. The minimum absolute atomic E-state index is 0. The highest BCUT2D eigenvalue weighted by atomic mass is 35.5. The number of carbonyl (C=O) groups is 1. The molecule has 3 aliphatic rings. The lowest BCUT2D eigenvalue weighted by atomic mass is 9.85. The molecule has 0 aromatic rings. The molecule has 0 spiro atoms. The molecule has 6 heteroatoms. The zero-order valence-electron chi connectivity index (χ0n) is 15.0. The van der Waals surface area contributed by atoms with Gasteiger partial charge in [0.05, 0.1) is 6.04 Å². The van der Waals surface area contributed by atoms with Gasteiger partial charge in [-0.15, -0.1) is 24.8 Å². The van der Waals surface area contributed by atoms with Gasteiger partial charge in [0.1, 0.15) is 0 Å². The third-order valence-electron chi connectivity index (χ3n) is 6.04. The molecule has 1 amide bonds. The normalized spacial score (nSPS) is 33.0. The molecule has 0 aromatic heterocycles. The summed E-state index contributed by atoms with van der Waals surface area (Å²) >= 11 is 0. The maximum Gasteiger partial charge on any atom is 0.237 e. The van der Waals surface area contributed by atoms with Gasteiger partial charge in [-0.3, -0.25) is 4.79 Å². The fourth-order valence-electron chi connectivity index (χ4n) is 4.63. The van der Waals surface area contributed by atoms with Crippen LogP contribution in [-0.4, -0.2) is 48.6 Å². The van der Waals surface area contributed by atoms with Gasteiger partial charge in [0.2, 0.25) is 5.91 Å². The predicted molar refractivity (Wildman–Crippen MR) is 104 cm³/mol. The first-order valence-corrected chi connectivity index (χ1v) is 9.52. The molecule has 2 saturated heterocycles. The lowest BCUT2D eigenvalue weighted by molar-refractivity contribution is -0.122. The van der Waals surface area contributed by atoms with Gasteiger partial charge in [-0.2, -0.15) is 0 Å². The van der Waals surface area contributed by atoms with Gasteiger partial charge < -0.3 is 15.5 Å². The molecule has 1 saturated carbocycles. The monoisotopic (exact) mass is 379 g/mol. The molecule has 0 aromatic carbocycles. The van der Waals surface area contributed by atoms with E-state index < -0.39 is 0 Å². The van der Waals surface area contributed by atoms with Gasteiger partial charge >= 0.3 is 0 Å². The third kappa shape index (κ3) is 5.76. The number of hydrogen-bond donors (Lipinski definition) is 2. The summed E-state index contributed by atoms with van der Waals surface area (Å²) in [6.45, 7) is 5.53. The second-order valence-electron chi connectivity index (χ2n) is 7.63. The molecule has 3 fully saturated rings. The smallest absolute Gasteiger partial charge is 0.237 e. The van der Waals surface area contributed by atoms with Gasteiger partial charge in [0.25, 0.3) is 0 Å². The van der Waals surface area contributed by atoms with Crippen molar-refractivity contribution in [3.05, 3.63) is 0 Å². The highest BCUT2D eigenvalue weighted by Crippen LogP contribution is 2.33. The Hall–Kier alpha value is -0.0300. The molecule has 2 aliphatic heterocycles. The fourth-order valence-corrected chi connectivity index (χ4v) is 4.63. The van der Waals surface area contributed by atoms with Gasteiger partial charge in [-0.05, 0) is 57.9 Å². The second-order valence-corrected chi connectivity index (χ2v) is 7.63. The molecule has 2 N–H and O–H groups in total. The Kier molecular flexibility index (Phi) is 9.95. The van der Waals surface area contributed by atoms with Gasteiger partial charge in [-0.25, -0.2) is 0 Å². The summed E-state index contributed by atoms with van der Waals surface area (Å²) in [5.41, 5.74) is 0. The van der Waals surface area contributed by atoms with Gasteiger partial charge in [0, 0.05) is 25.2 Å². The number of nitrogens with zero attached hydrogens (tertiary/aromatic N) is 1. The molecule has 4 atom stereocenters. The van der Waals surface area contributed by atoms with E-state index in [0.717, 1.165) is 37.9 Å². The summed E-state index contributed by atoms with van der Waals surface area (Å²) in [6, 6.07) is 1.41. The van der Waals surface area contributed by atoms with Crippen molar-refractivity contribution in [3.63, 3.8) is 0 Å². The summed E-state index contributed by atoms with van der Waals surface area (Å²) in [5.74, 6) is 0.986. The van der Waals surface area contributed by atoms with Crippen LogP contribution in [0.2, 0.25) is 0 Å². The predicted octanol–water partition coefficient (Wildman–Crippen LogP) is 3.13. The van der Waals surface area contributed by atoms with Crippen molar-refractivity contribution < 1.29 is 4.79 Å². The van der Waals surface area contributed by atoms with Crippen LogP contribution in [0.5, 0.6) is 0 Å². The molecule has 4 nitrogen and oxygen atoms in total. The van der Waals surface area contributed by atoms with Gasteiger partial charge in [0.15, 0.2) is 0 Å². The number of fused-ring (bicyclic) bond motifs is 1. The number of halogens is 2. The summed E-state index contributed by atoms with van der Waals surface area (Å²) < 4.78 is 0. The van der Waals surface area contributed by atoms with Gasteiger partial charge in [-0.1, -0.05) is 19.3 Å². The molecule has 4 unspecified atom stereocenters. The third-order valence-corrected chi connectivity index (χ3v) is 6.04. The average molecular weight is 380 g/mol. The van der Waals surface area contributed by atoms with E-state index in [4.69, 9.17) is 0 Å². The molecule has 142 valence electrons. The van der Waals surface area contributed by atoms with E-state index in [-0.39, 0.29) is 36.8 Å². The van der Waals surface area contributed by atoms with Crippen LogP contribution in [0.25, 0.3) is 0 Å². The summed E-state index contributed by atoms with van der Waals surface area (Å²) in [5, 5.41) is 6.73. The summed E-state index contributed by atoms with van der Waals surface area (Å²) in [4.78, 5) is 14.9. The van der Waals surface area contributed by atoms with Crippen molar-refractivity contribution in [1.29, 1.82) is 0 Å². The molecule has 0 radical (unpaired) electrons. The van der Waals surface area contributed by atoms with E-state index in [1.807, 2.05) is 0 Å². The molecular formula is C18H35Cl2N3O. The Morgan fingerprint density at radius 3 is 2.62 bits per heavy atom. The van der Waals surface area contributed by atoms with E-state index in [1.54, 1.807) is 0 Å². The second kappa shape index (κ2) is 10.8. The lowest BCUT2D eigenvalue weighted by Crippen LogP contribution is -2.44. The van der Waals surface area contributed by atoms with Crippen LogP contribution in [0.4, 0.5) is 0 Å². The van der Waals surface area contributed by atoms with Crippen molar-refractivity contribution >= 4 is 30.7 Å². The number of carbonyl (C=O) groups excluding carboxylic acids is 1. The van der Waals surface area contributed by atoms with Crippen molar-refractivity contribution in [1.82, 2.24) is 15.5 Å². The fraction of sp³-hybridized carbons (Fsp3) is 0.944. The molecular weight excluding hydrogens is 345 g/mol. The van der Waals surface area contributed by atoms with Crippen LogP contribution in [-0.2, 0) is 4.79 Å². The first-order valence-electron chi connectivity index (χ1n) is 9.52. The number of hydrogen-bond acceptors (Lipinski definition) is 3. The van der Waals surface area contributed by atoms with E-state index >= 15 is 0 Å². The Morgan fingerprint density at radius 1 is 1.12 bits per heavy atom. The molecule has 2 heterocycles. The van der Waals surface area contributed by atoms with Crippen molar-refractivity contribution in [2.45, 2.75) is 82.8 Å². The zero-order chi connectivity index (χ0) is 15.4. The SMILES string of the molecule is CC1CCCCN1CCCNC(=O)C1CC2CCCCC2N1.Cl.Cl.